The number of nitrogens with zero attached hydrogens (tertiary/aromatic N) is 1. The first-order valence-electron chi connectivity index (χ1n) is 9.53. The third-order valence-electron chi connectivity index (χ3n) is 4.80. The summed E-state index contributed by atoms with van der Waals surface area (Å²) in [6.07, 6.45) is 0. The van der Waals surface area contributed by atoms with Crippen LogP contribution in [0, 0.1) is 10.7 Å². The number of amides is 1. The summed E-state index contributed by atoms with van der Waals surface area (Å²) in [6.45, 7) is 0. The lowest BCUT2D eigenvalue weighted by atomic mass is 10.1. The zero-order valence-electron chi connectivity index (χ0n) is 17.1. The number of rotatable bonds is 7. The van der Waals surface area contributed by atoms with Crippen LogP contribution < -0.4 is 14.8 Å². The highest BCUT2D eigenvalue weighted by Gasteiger charge is 2.22. The molecule has 0 saturated heterocycles. The van der Waals surface area contributed by atoms with Gasteiger partial charge >= 0.3 is 0 Å². The Morgan fingerprint density at radius 3 is 2.58 bits per heavy atom. The Labute approximate surface area is 187 Å². The van der Waals surface area contributed by atoms with E-state index in [-0.39, 0.29) is 16.9 Å². The SMILES string of the molecule is COc1cccc(Nc2ccc(N=O)c3[nH]c(C(=O)NS(=O)(=O)c4cccc(F)c4)cc23)c1. The Bertz CT molecular complexity index is 1480. The van der Waals surface area contributed by atoms with Crippen LogP contribution in [0.5, 0.6) is 5.75 Å². The van der Waals surface area contributed by atoms with Crippen molar-refractivity contribution >= 4 is 43.9 Å². The molecule has 0 spiro atoms. The van der Waals surface area contributed by atoms with E-state index >= 15 is 0 Å². The molecule has 0 aliphatic rings. The first-order valence-corrected chi connectivity index (χ1v) is 11.0. The molecule has 11 heteroatoms. The number of benzene rings is 3. The van der Waals surface area contributed by atoms with Gasteiger partial charge in [-0.2, -0.15) is 0 Å². The van der Waals surface area contributed by atoms with Crippen molar-refractivity contribution in [3.63, 3.8) is 0 Å². The second-order valence-electron chi connectivity index (χ2n) is 6.94. The Morgan fingerprint density at radius 2 is 1.85 bits per heavy atom. The van der Waals surface area contributed by atoms with E-state index in [0.29, 0.717) is 22.5 Å². The van der Waals surface area contributed by atoms with Crippen molar-refractivity contribution in [1.29, 1.82) is 0 Å². The predicted molar refractivity (Wildman–Crippen MR) is 121 cm³/mol. The minimum absolute atomic E-state index is 0.0354. The van der Waals surface area contributed by atoms with Crippen molar-refractivity contribution in [2.45, 2.75) is 4.90 Å². The number of halogens is 1. The van der Waals surface area contributed by atoms with Crippen LogP contribution in [0.2, 0.25) is 0 Å². The van der Waals surface area contributed by atoms with Gasteiger partial charge in [0.15, 0.2) is 0 Å². The van der Waals surface area contributed by atoms with Crippen molar-refractivity contribution in [3.05, 3.63) is 83.1 Å². The van der Waals surface area contributed by atoms with Gasteiger partial charge in [-0.1, -0.05) is 12.1 Å². The maximum Gasteiger partial charge on any atom is 0.281 e. The molecule has 1 amide bonds. The summed E-state index contributed by atoms with van der Waals surface area (Å²) in [5, 5.41) is 6.56. The number of sulfonamides is 1. The molecule has 0 atom stereocenters. The van der Waals surface area contributed by atoms with Crippen molar-refractivity contribution < 1.29 is 22.3 Å². The first kappa shape index (κ1) is 22.0. The molecule has 3 N–H and O–H groups in total. The number of ether oxygens (including phenoxy) is 1. The molecule has 0 aliphatic heterocycles. The third kappa shape index (κ3) is 4.53. The van der Waals surface area contributed by atoms with Crippen LogP contribution in [0.4, 0.5) is 21.5 Å². The third-order valence-corrected chi connectivity index (χ3v) is 6.13. The lowest BCUT2D eigenvalue weighted by molar-refractivity contribution is 0.0977. The number of hydrogen-bond donors (Lipinski definition) is 3. The summed E-state index contributed by atoms with van der Waals surface area (Å²) in [5.74, 6) is -1.12. The normalized spacial score (nSPS) is 11.2. The Morgan fingerprint density at radius 1 is 1.06 bits per heavy atom. The molecule has 0 bridgehead atoms. The number of nitrogens with one attached hydrogen (secondary N) is 3. The van der Waals surface area contributed by atoms with E-state index in [1.54, 1.807) is 30.3 Å². The molecule has 4 rings (SSSR count). The van der Waals surface area contributed by atoms with Gasteiger partial charge in [-0.05, 0) is 53.7 Å². The fourth-order valence-electron chi connectivity index (χ4n) is 3.24. The Hall–Kier alpha value is -4.25. The summed E-state index contributed by atoms with van der Waals surface area (Å²) in [5.41, 5.74) is 1.37. The van der Waals surface area contributed by atoms with Crippen molar-refractivity contribution in [2.75, 3.05) is 12.4 Å². The second kappa shape index (κ2) is 8.71. The summed E-state index contributed by atoms with van der Waals surface area (Å²) in [6, 6.07) is 15.8. The van der Waals surface area contributed by atoms with E-state index < -0.39 is 26.6 Å². The minimum atomic E-state index is -4.32. The highest BCUT2D eigenvalue weighted by Crippen LogP contribution is 2.34. The number of aromatic nitrogens is 1. The van der Waals surface area contributed by atoms with Crippen LogP contribution in [-0.4, -0.2) is 26.4 Å². The van der Waals surface area contributed by atoms with E-state index in [2.05, 4.69) is 15.5 Å². The van der Waals surface area contributed by atoms with E-state index in [1.807, 2.05) is 4.72 Å². The summed E-state index contributed by atoms with van der Waals surface area (Å²) in [4.78, 5) is 26.3. The molecule has 1 heterocycles. The molecule has 1 aromatic heterocycles. The number of methoxy groups -OCH3 is 1. The summed E-state index contributed by atoms with van der Waals surface area (Å²) < 4.78 is 45.4. The molecular weight excluding hydrogens is 451 g/mol. The van der Waals surface area contributed by atoms with Crippen LogP contribution in [0.15, 0.2) is 76.8 Å². The van der Waals surface area contributed by atoms with Gasteiger partial charge in [0.2, 0.25) is 0 Å². The van der Waals surface area contributed by atoms with Crippen molar-refractivity contribution in [3.8, 4) is 5.75 Å². The topological polar surface area (TPSA) is 130 Å². The van der Waals surface area contributed by atoms with Gasteiger partial charge in [-0.15, -0.1) is 4.91 Å². The first-order chi connectivity index (χ1) is 15.8. The maximum absolute atomic E-state index is 13.4. The monoisotopic (exact) mass is 468 g/mol. The van der Waals surface area contributed by atoms with Gasteiger partial charge in [0.25, 0.3) is 15.9 Å². The number of nitroso groups, excluding NO2 is 1. The zero-order valence-corrected chi connectivity index (χ0v) is 17.9. The van der Waals surface area contributed by atoms with Gasteiger partial charge in [0.1, 0.15) is 22.9 Å². The van der Waals surface area contributed by atoms with Crippen LogP contribution in [0.3, 0.4) is 0 Å². The fraction of sp³-hybridized carbons (Fsp3) is 0.0455. The van der Waals surface area contributed by atoms with Gasteiger partial charge in [0, 0.05) is 22.8 Å². The number of carbonyl (C=O) groups excluding carboxylic acids is 1. The average molecular weight is 468 g/mol. The van der Waals surface area contributed by atoms with Crippen LogP contribution in [0.25, 0.3) is 10.9 Å². The van der Waals surface area contributed by atoms with Crippen LogP contribution >= 0.6 is 0 Å². The van der Waals surface area contributed by atoms with Crippen LogP contribution in [0.1, 0.15) is 10.5 Å². The molecular formula is C22H17FN4O5S. The Balaban J connectivity index is 1.69. The average Bonchev–Trinajstić information content (AvgIpc) is 3.25. The van der Waals surface area contributed by atoms with Gasteiger partial charge in [0.05, 0.1) is 17.5 Å². The van der Waals surface area contributed by atoms with Crippen molar-refractivity contribution in [2.24, 2.45) is 5.18 Å². The van der Waals surface area contributed by atoms with Crippen molar-refractivity contribution in [1.82, 2.24) is 9.71 Å². The molecule has 168 valence electrons. The van der Waals surface area contributed by atoms with Gasteiger partial charge < -0.3 is 15.0 Å². The number of aromatic amines is 1. The fourth-order valence-corrected chi connectivity index (χ4v) is 4.24. The van der Waals surface area contributed by atoms with Gasteiger partial charge in [-0.25, -0.2) is 17.5 Å². The lowest BCUT2D eigenvalue weighted by Gasteiger charge is -2.09. The smallest absolute Gasteiger partial charge is 0.281 e. The quantitative estimate of drug-likeness (QED) is 0.341. The Kier molecular flexibility index (Phi) is 5.80. The molecule has 0 radical (unpaired) electrons. The predicted octanol–water partition coefficient (Wildman–Crippen LogP) is 4.58. The second-order valence-corrected chi connectivity index (χ2v) is 8.63. The molecule has 0 unspecified atom stereocenters. The molecule has 3 aromatic carbocycles. The largest absolute Gasteiger partial charge is 0.497 e. The number of fused-ring (bicyclic) bond motifs is 1. The van der Waals surface area contributed by atoms with Gasteiger partial charge in [-0.3, -0.25) is 4.79 Å². The molecule has 0 fully saturated rings. The number of hydrogen-bond acceptors (Lipinski definition) is 7. The molecule has 0 saturated carbocycles. The highest BCUT2D eigenvalue weighted by molar-refractivity contribution is 7.90. The molecule has 9 nitrogen and oxygen atoms in total. The molecule has 33 heavy (non-hydrogen) atoms. The standard InChI is InChI=1S/C22H17FN4O5S/c1-32-15-6-3-5-14(11-15)24-18-8-9-19(26-29)21-17(18)12-20(25-21)22(28)27-33(30,31)16-7-2-4-13(23)10-16/h2-12,24-25H,1H3,(H,27,28). The number of anilines is 2. The van der Waals surface area contributed by atoms with E-state index in [9.17, 15) is 22.5 Å². The molecule has 4 aromatic rings. The van der Waals surface area contributed by atoms with E-state index in [0.717, 1.165) is 18.2 Å². The molecule has 0 aliphatic carbocycles. The summed E-state index contributed by atoms with van der Waals surface area (Å²) in [7, 11) is -2.79. The summed E-state index contributed by atoms with van der Waals surface area (Å²) >= 11 is 0. The van der Waals surface area contributed by atoms with Crippen LogP contribution in [-0.2, 0) is 10.0 Å². The zero-order chi connectivity index (χ0) is 23.6. The minimum Gasteiger partial charge on any atom is -0.497 e. The number of carbonyl (C=O) groups is 1. The highest BCUT2D eigenvalue weighted by atomic mass is 32.2. The number of H-pyrrole nitrogens is 1. The van der Waals surface area contributed by atoms with E-state index in [4.69, 9.17) is 4.74 Å². The van der Waals surface area contributed by atoms with E-state index in [1.165, 1.54) is 25.3 Å². The lowest BCUT2D eigenvalue weighted by Crippen LogP contribution is -2.30. The maximum atomic E-state index is 13.4.